The van der Waals surface area contributed by atoms with E-state index in [1.54, 1.807) is 19.0 Å². The third kappa shape index (κ3) is 11.7. The summed E-state index contributed by atoms with van der Waals surface area (Å²) in [4.78, 5) is 20.3. The average Bonchev–Trinajstić information content (AvgIpc) is 3.09. The van der Waals surface area contributed by atoms with Crippen LogP contribution in [0.5, 0.6) is 0 Å². The Hall–Kier alpha value is -0.610. The molecule has 0 aliphatic carbocycles. The van der Waals surface area contributed by atoms with Crippen LogP contribution in [0.4, 0.5) is 0 Å². The largest absolute Gasteiger partial charge is 0.381 e. The van der Waals surface area contributed by atoms with E-state index < -0.39 is 0 Å². The fourth-order valence-electron chi connectivity index (χ4n) is 2.95. The number of carbonyl (C=O) groups is 1. The highest BCUT2D eigenvalue weighted by Gasteiger charge is 2.22. The number of likely N-dealkylation sites (N-methyl/N-ethyl adjacent to an activating group) is 2. The molecule has 1 fully saturated rings. The molecule has 7 nitrogen and oxygen atoms in total. The topological polar surface area (TPSA) is 69.2 Å². The van der Waals surface area contributed by atoms with Gasteiger partial charge in [0.05, 0.1) is 0 Å². The molecule has 0 bridgehead atoms. The van der Waals surface area contributed by atoms with Gasteiger partial charge in [-0.25, -0.2) is 4.99 Å². The second-order valence-corrected chi connectivity index (χ2v) is 7.00. The summed E-state index contributed by atoms with van der Waals surface area (Å²) in [7, 11) is 3.51. The second-order valence-electron chi connectivity index (χ2n) is 7.00. The quantitative estimate of drug-likeness (QED) is 0.187. The van der Waals surface area contributed by atoms with Gasteiger partial charge in [-0.2, -0.15) is 0 Å². The van der Waals surface area contributed by atoms with Gasteiger partial charge in [-0.05, 0) is 38.8 Å². The molecule has 1 unspecified atom stereocenters. The molecule has 1 atom stereocenters. The number of aliphatic imine (C=N–C) groups is 1. The van der Waals surface area contributed by atoms with Gasteiger partial charge < -0.3 is 20.3 Å². The number of halogens is 1. The van der Waals surface area contributed by atoms with Crippen LogP contribution in [0.1, 0.15) is 46.0 Å². The molecular weight excluding hydrogens is 457 g/mol. The molecule has 1 aliphatic heterocycles. The highest BCUT2D eigenvalue weighted by Crippen LogP contribution is 2.15. The van der Waals surface area contributed by atoms with Gasteiger partial charge in [0, 0.05) is 46.4 Å². The molecule has 1 aliphatic rings. The zero-order valence-electron chi connectivity index (χ0n) is 17.6. The highest BCUT2D eigenvalue weighted by molar-refractivity contribution is 14.0. The van der Waals surface area contributed by atoms with Crippen LogP contribution in [0.15, 0.2) is 4.99 Å². The summed E-state index contributed by atoms with van der Waals surface area (Å²) in [5.74, 6) is 0.724. The lowest BCUT2D eigenvalue weighted by Crippen LogP contribution is -2.45. The molecule has 27 heavy (non-hydrogen) atoms. The molecule has 0 spiro atoms. The van der Waals surface area contributed by atoms with Gasteiger partial charge in [0.25, 0.3) is 0 Å². The Bertz CT molecular complexity index is 421. The van der Waals surface area contributed by atoms with Crippen molar-refractivity contribution in [1.29, 1.82) is 0 Å². The summed E-state index contributed by atoms with van der Waals surface area (Å²) < 4.78 is 5.59. The van der Waals surface area contributed by atoms with Crippen molar-refractivity contribution in [2.45, 2.75) is 52.0 Å². The van der Waals surface area contributed by atoms with Crippen molar-refractivity contribution in [3.63, 3.8) is 0 Å². The maximum absolute atomic E-state index is 11.8. The minimum Gasteiger partial charge on any atom is -0.381 e. The maximum atomic E-state index is 11.8. The molecule has 1 heterocycles. The molecule has 1 saturated heterocycles. The first-order valence-corrected chi connectivity index (χ1v) is 10.1. The van der Waals surface area contributed by atoms with E-state index in [4.69, 9.17) is 4.74 Å². The van der Waals surface area contributed by atoms with Crippen LogP contribution in [-0.2, 0) is 9.53 Å². The van der Waals surface area contributed by atoms with Crippen LogP contribution in [0.25, 0.3) is 0 Å². The van der Waals surface area contributed by atoms with Gasteiger partial charge in [0.15, 0.2) is 5.96 Å². The zero-order chi connectivity index (χ0) is 19.2. The molecule has 0 saturated carbocycles. The van der Waals surface area contributed by atoms with E-state index in [0.717, 1.165) is 58.1 Å². The van der Waals surface area contributed by atoms with Crippen molar-refractivity contribution in [2.75, 3.05) is 60.0 Å². The minimum atomic E-state index is 0. The summed E-state index contributed by atoms with van der Waals surface area (Å²) in [5, 5.41) is 6.75. The van der Waals surface area contributed by atoms with Crippen molar-refractivity contribution in [2.24, 2.45) is 4.99 Å². The lowest BCUT2D eigenvalue weighted by Gasteiger charge is -2.24. The van der Waals surface area contributed by atoms with E-state index in [2.05, 4.69) is 34.4 Å². The monoisotopic (exact) mass is 497 g/mol. The molecule has 160 valence electrons. The van der Waals surface area contributed by atoms with E-state index in [0.29, 0.717) is 6.04 Å². The highest BCUT2D eigenvalue weighted by atomic mass is 127. The minimum absolute atomic E-state index is 0. The van der Waals surface area contributed by atoms with Crippen molar-refractivity contribution in [3.8, 4) is 0 Å². The zero-order valence-corrected chi connectivity index (χ0v) is 20.0. The normalized spacial score (nSPS) is 17.5. The summed E-state index contributed by atoms with van der Waals surface area (Å²) in [6, 6.07) is 0.550. The number of nitrogens with one attached hydrogen (secondary N) is 2. The molecule has 1 rings (SSSR count). The standard InChI is InChI=1S/C19H39N5O2.HI/c1-5-7-13-26-14-9-11-20-19(22-16-18(25)23(3)4)21-15-17-10-8-12-24(17)6-2;/h17H,5-16H2,1-4H3,(H2,20,21,22);1H. The second kappa shape index (κ2) is 16.4. The third-order valence-corrected chi connectivity index (χ3v) is 4.68. The molecule has 2 N–H and O–H groups in total. The molecule has 0 aromatic heterocycles. The summed E-state index contributed by atoms with van der Waals surface area (Å²) in [6.45, 7) is 10.0. The lowest BCUT2D eigenvalue weighted by molar-refractivity contribution is -0.127. The first-order valence-electron chi connectivity index (χ1n) is 10.1. The summed E-state index contributed by atoms with van der Waals surface area (Å²) in [6.07, 6.45) is 5.68. The van der Waals surface area contributed by atoms with Gasteiger partial charge in [-0.15, -0.1) is 24.0 Å². The Kier molecular flexibility index (Phi) is 16.0. The van der Waals surface area contributed by atoms with Crippen LogP contribution in [0.3, 0.4) is 0 Å². The van der Waals surface area contributed by atoms with Crippen LogP contribution in [0.2, 0.25) is 0 Å². The van der Waals surface area contributed by atoms with E-state index in [-0.39, 0.29) is 36.4 Å². The SMILES string of the molecule is CCCCOCCCNC(=NCC(=O)N(C)C)NCC1CCCN1CC.I. The number of hydrogen-bond acceptors (Lipinski definition) is 4. The molecule has 0 radical (unpaired) electrons. The van der Waals surface area contributed by atoms with E-state index in [1.165, 1.54) is 19.4 Å². The third-order valence-electron chi connectivity index (χ3n) is 4.68. The van der Waals surface area contributed by atoms with E-state index in [9.17, 15) is 4.79 Å². The number of rotatable bonds is 12. The Morgan fingerprint density at radius 3 is 2.63 bits per heavy atom. The number of hydrogen-bond donors (Lipinski definition) is 2. The fraction of sp³-hybridized carbons (Fsp3) is 0.895. The van der Waals surface area contributed by atoms with Crippen LogP contribution in [0, 0.1) is 0 Å². The fourth-order valence-corrected chi connectivity index (χ4v) is 2.95. The molecule has 1 amide bonds. The van der Waals surface area contributed by atoms with Gasteiger partial charge in [0.2, 0.25) is 5.91 Å². The van der Waals surface area contributed by atoms with Crippen molar-refractivity contribution in [1.82, 2.24) is 20.4 Å². The summed E-state index contributed by atoms with van der Waals surface area (Å²) >= 11 is 0. The average molecular weight is 497 g/mol. The number of likely N-dealkylation sites (tertiary alicyclic amines) is 1. The molecule has 0 aromatic carbocycles. The Morgan fingerprint density at radius 2 is 1.96 bits per heavy atom. The van der Waals surface area contributed by atoms with Crippen LogP contribution < -0.4 is 10.6 Å². The van der Waals surface area contributed by atoms with E-state index in [1.807, 2.05) is 0 Å². The smallest absolute Gasteiger partial charge is 0.243 e. The van der Waals surface area contributed by atoms with Crippen molar-refractivity contribution >= 4 is 35.8 Å². The molecular formula is C19H40IN5O2. The molecule has 0 aromatic rings. The van der Waals surface area contributed by atoms with E-state index >= 15 is 0 Å². The van der Waals surface area contributed by atoms with Crippen LogP contribution in [-0.4, -0.2) is 87.7 Å². The summed E-state index contributed by atoms with van der Waals surface area (Å²) in [5.41, 5.74) is 0. The number of carbonyl (C=O) groups excluding carboxylic acids is 1. The maximum Gasteiger partial charge on any atom is 0.243 e. The van der Waals surface area contributed by atoms with Crippen LogP contribution >= 0.6 is 24.0 Å². The number of guanidine groups is 1. The first kappa shape index (κ1) is 26.4. The predicted molar refractivity (Wildman–Crippen MR) is 123 cm³/mol. The van der Waals surface area contributed by atoms with Gasteiger partial charge >= 0.3 is 0 Å². The number of nitrogens with zero attached hydrogens (tertiary/aromatic N) is 3. The van der Waals surface area contributed by atoms with Gasteiger partial charge in [0.1, 0.15) is 6.54 Å². The Labute approximate surface area is 182 Å². The van der Waals surface area contributed by atoms with Gasteiger partial charge in [-0.3, -0.25) is 9.69 Å². The number of amides is 1. The Morgan fingerprint density at radius 1 is 1.22 bits per heavy atom. The first-order chi connectivity index (χ1) is 12.6. The van der Waals surface area contributed by atoms with Crippen molar-refractivity contribution < 1.29 is 9.53 Å². The molecule has 8 heteroatoms. The Balaban J connectivity index is 0.00000676. The van der Waals surface area contributed by atoms with Gasteiger partial charge in [-0.1, -0.05) is 20.3 Å². The van der Waals surface area contributed by atoms with Crippen molar-refractivity contribution in [3.05, 3.63) is 0 Å². The number of ether oxygens (including phenoxy) is 1. The number of unbranched alkanes of at least 4 members (excludes halogenated alkanes) is 1. The lowest BCUT2D eigenvalue weighted by atomic mass is 10.2. The predicted octanol–water partition coefficient (Wildman–Crippen LogP) is 1.92.